The smallest absolute Gasteiger partial charge is 0.322 e. The Labute approximate surface area is 144 Å². The number of methoxy groups -OCH3 is 1. The van der Waals surface area contributed by atoms with Crippen molar-refractivity contribution in [3.8, 4) is 0 Å². The number of urea groups is 1. The molecule has 1 aromatic carbocycles. The summed E-state index contributed by atoms with van der Waals surface area (Å²) in [5, 5.41) is 2.96. The molecule has 0 aliphatic heterocycles. The highest BCUT2D eigenvalue weighted by molar-refractivity contribution is 5.89. The number of nitrogens with one attached hydrogen (secondary N) is 1. The van der Waals surface area contributed by atoms with Crippen LogP contribution in [0.25, 0.3) is 0 Å². The molecule has 1 N–H and O–H groups in total. The quantitative estimate of drug-likeness (QED) is 0.832. The minimum Gasteiger partial charge on any atom is -0.469 e. The summed E-state index contributed by atoms with van der Waals surface area (Å²) in [4.78, 5) is 26.5. The summed E-state index contributed by atoms with van der Waals surface area (Å²) >= 11 is 0. The van der Waals surface area contributed by atoms with Crippen molar-refractivity contribution >= 4 is 17.7 Å². The Morgan fingerprint density at radius 2 is 1.92 bits per heavy atom. The van der Waals surface area contributed by atoms with E-state index in [1.807, 2.05) is 42.2 Å². The number of ether oxygens (including phenoxy) is 1. The normalized spacial score (nSPS) is 21.6. The van der Waals surface area contributed by atoms with Gasteiger partial charge < -0.3 is 15.0 Å². The summed E-state index contributed by atoms with van der Waals surface area (Å²) < 4.78 is 4.83. The number of anilines is 1. The van der Waals surface area contributed by atoms with Crippen LogP contribution in [0.1, 0.15) is 39.5 Å². The first-order valence-corrected chi connectivity index (χ1v) is 8.73. The molecule has 132 valence electrons. The predicted octanol–water partition coefficient (Wildman–Crippen LogP) is 3.91. The molecule has 0 bridgehead atoms. The van der Waals surface area contributed by atoms with E-state index in [0.717, 1.165) is 24.9 Å². The zero-order valence-corrected chi connectivity index (χ0v) is 14.8. The third-order valence-electron chi connectivity index (χ3n) is 4.83. The lowest BCUT2D eigenvalue weighted by Gasteiger charge is -2.39. The molecule has 1 saturated carbocycles. The number of benzene rings is 1. The second-order valence-electron chi connectivity index (χ2n) is 6.70. The molecule has 5 heteroatoms. The maximum Gasteiger partial charge on any atom is 0.322 e. The molecule has 0 saturated heterocycles. The number of hydrogen-bond acceptors (Lipinski definition) is 3. The highest BCUT2D eigenvalue weighted by atomic mass is 16.5. The molecule has 0 radical (unpaired) electrons. The Bertz CT molecular complexity index is 547. The monoisotopic (exact) mass is 332 g/mol. The molecule has 5 nitrogen and oxygen atoms in total. The molecule has 3 atom stereocenters. The number of para-hydroxylation sites is 1. The standard InChI is InChI=1S/C19H28N2O3/c1-14-9-7-8-12-17(14)21(13-15(2)18(22)24-3)19(23)20-16-10-5-4-6-11-16/h4-6,10-11,14-15,17H,7-9,12-13H2,1-3H3,(H,20,23). The summed E-state index contributed by atoms with van der Waals surface area (Å²) in [7, 11) is 1.39. The van der Waals surface area contributed by atoms with E-state index in [0.29, 0.717) is 12.5 Å². The molecule has 1 aromatic rings. The maximum absolute atomic E-state index is 12.9. The Morgan fingerprint density at radius 3 is 2.54 bits per heavy atom. The molecule has 1 aliphatic rings. The van der Waals surface area contributed by atoms with Gasteiger partial charge in [-0.1, -0.05) is 44.9 Å². The van der Waals surface area contributed by atoms with Gasteiger partial charge in [0, 0.05) is 18.3 Å². The SMILES string of the molecule is COC(=O)C(C)CN(C(=O)Nc1ccccc1)C1CCCCC1C. The van der Waals surface area contributed by atoms with Gasteiger partial charge in [0.1, 0.15) is 0 Å². The van der Waals surface area contributed by atoms with Crippen LogP contribution in [-0.2, 0) is 9.53 Å². The van der Waals surface area contributed by atoms with E-state index >= 15 is 0 Å². The van der Waals surface area contributed by atoms with E-state index in [4.69, 9.17) is 4.74 Å². The lowest BCUT2D eigenvalue weighted by Crippen LogP contribution is -2.49. The number of nitrogens with zero attached hydrogens (tertiary/aromatic N) is 1. The van der Waals surface area contributed by atoms with E-state index in [1.54, 1.807) is 0 Å². The third-order valence-corrected chi connectivity index (χ3v) is 4.83. The van der Waals surface area contributed by atoms with Crippen LogP contribution in [0, 0.1) is 11.8 Å². The second-order valence-corrected chi connectivity index (χ2v) is 6.70. The van der Waals surface area contributed by atoms with Crippen LogP contribution in [-0.4, -0.2) is 36.6 Å². The topological polar surface area (TPSA) is 58.6 Å². The van der Waals surface area contributed by atoms with E-state index in [-0.39, 0.29) is 24.0 Å². The Morgan fingerprint density at radius 1 is 1.25 bits per heavy atom. The lowest BCUT2D eigenvalue weighted by molar-refractivity contribution is -0.145. The van der Waals surface area contributed by atoms with Gasteiger partial charge in [0.05, 0.1) is 13.0 Å². The first-order chi connectivity index (χ1) is 11.5. The predicted molar refractivity (Wildman–Crippen MR) is 94.8 cm³/mol. The molecule has 0 heterocycles. The molecule has 2 rings (SSSR count). The van der Waals surface area contributed by atoms with Gasteiger partial charge in [-0.05, 0) is 30.9 Å². The number of rotatable bonds is 5. The molecular formula is C19H28N2O3. The summed E-state index contributed by atoms with van der Waals surface area (Å²) in [6.07, 6.45) is 4.43. The number of amides is 2. The minimum atomic E-state index is -0.342. The van der Waals surface area contributed by atoms with E-state index in [9.17, 15) is 9.59 Å². The van der Waals surface area contributed by atoms with Crippen LogP contribution in [0.2, 0.25) is 0 Å². The van der Waals surface area contributed by atoms with E-state index in [2.05, 4.69) is 12.2 Å². The average Bonchev–Trinajstić information content (AvgIpc) is 2.60. The Hall–Kier alpha value is -2.04. The molecule has 3 unspecified atom stereocenters. The van der Waals surface area contributed by atoms with Crippen LogP contribution in [0.5, 0.6) is 0 Å². The van der Waals surface area contributed by atoms with E-state index < -0.39 is 0 Å². The van der Waals surface area contributed by atoms with Gasteiger partial charge in [0.2, 0.25) is 0 Å². The largest absolute Gasteiger partial charge is 0.469 e. The number of carbonyl (C=O) groups excluding carboxylic acids is 2. The molecule has 2 amide bonds. The maximum atomic E-state index is 12.9. The van der Waals surface area contributed by atoms with E-state index in [1.165, 1.54) is 13.5 Å². The number of hydrogen-bond donors (Lipinski definition) is 1. The summed E-state index contributed by atoms with van der Waals surface area (Å²) in [5.74, 6) is -0.188. The van der Waals surface area contributed by atoms with Crippen LogP contribution in [0.4, 0.5) is 10.5 Å². The Balaban J connectivity index is 2.14. The van der Waals surface area contributed by atoms with Crippen molar-refractivity contribution in [1.82, 2.24) is 4.90 Å². The summed E-state index contributed by atoms with van der Waals surface area (Å²) in [6, 6.07) is 9.44. The number of esters is 1. The summed E-state index contributed by atoms with van der Waals surface area (Å²) in [6.45, 7) is 4.37. The molecule has 24 heavy (non-hydrogen) atoms. The number of carbonyl (C=O) groups is 2. The van der Waals surface area contributed by atoms with Gasteiger partial charge in [0.25, 0.3) is 0 Å². The van der Waals surface area contributed by atoms with Crippen molar-refractivity contribution < 1.29 is 14.3 Å². The van der Waals surface area contributed by atoms with Gasteiger partial charge in [0.15, 0.2) is 0 Å². The van der Waals surface area contributed by atoms with Crippen LogP contribution in [0.15, 0.2) is 30.3 Å². The lowest BCUT2D eigenvalue weighted by atomic mass is 9.84. The van der Waals surface area contributed by atoms with Gasteiger partial charge in [-0.25, -0.2) is 4.79 Å². The van der Waals surface area contributed by atoms with Crippen molar-refractivity contribution in [2.24, 2.45) is 11.8 Å². The van der Waals surface area contributed by atoms with Crippen molar-refractivity contribution in [1.29, 1.82) is 0 Å². The first kappa shape index (κ1) is 18.3. The third kappa shape index (κ3) is 4.73. The van der Waals surface area contributed by atoms with Crippen LogP contribution in [0.3, 0.4) is 0 Å². The van der Waals surface area contributed by atoms with Gasteiger partial charge in [-0.2, -0.15) is 0 Å². The minimum absolute atomic E-state index is 0.143. The second kappa shape index (κ2) is 8.71. The van der Waals surface area contributed by atoms with Crippen molar-refractivity contribution in [3.63, 3.8) is 0 Å². The van der Waals surface area contributed by atoms with Gasteiger partial charge in [-0.3, -0.25) is 4.79 Å². The highest BCUT2D eigenvalue weighted by Crippen LogP contribution is 2.29. The fourth-order valence-electron chi connectivity index (χ4n) is 3.42. The molecular weight excluding hydrogens is 304 g/mol. The van der Waals surface area contributed by atoms with Crippen molar-refractivity contribution in [2.45, 2.75) is 45.6 Å². The van der Waals surface area contributed by atoms with Crippen LogP contribution >= 0.6 is 0 Å². The molecule has 0 aromatic heterocycles. The zero-order chi connectivity index (χ0) is 17.5. The molecule has 0 spiro atoms. The van der Waals surface area contributed by atoms with Crippen molar-refractivity contribution in [2.75, 3.05) is 19.0 Å². The van der Waals surface area contributed by atoms with Gasteiger partial charge in [-0.15, -0.1) is 0 Å². The highest BCUT2D eigenvalue weighted by Gasteiger charge is 2.32. The van der Waals surface area contributed by atoms with Crippen molar-refractivity contribution in [3.05, 3.63) is 30.3 Å². The first-order valence-electron chi connectivity index (χ1n) is 8.73. The van der Waals surface area contributed by atoms with Crippen LogP contribution < -0.4 is 5.32 Å². The average molecular weight is 332 g/mol. The molecule has 1 fully saturated rings. The molecule has 1 aliphatic carbocycles. The fraction of sp³-hybridized carbons (Fsp3) is 0.579. The summed E-state index contributed by atoms with van der Waals surface area (Å²) in [5.41, 5.74) is 0.765. The zero-order valence-electron chi connectivity index (χ0n) is 14.8. The fourth-order valence-corrected chi connectivity index (χ4v) is 3.42. The Kier molecular flexibility index (Phi) is 6.64. The van der Waals surface area contributed by atoms with Gasteiger partial charge >= 0.3 is 12.0 Å².